The molecule has 0 aliphatic heterocycles. The van der Waals surface area contributed by atoms with Crippen LogP contribution >= 0.6 is 11.6 Å². The number of anilines is 1. The van der Waals surface area contributed by atoms with Crippen molar-refractivity contribution < 1.29 is 27.1 Å². The molecule has 8 nitrogen and oxygen atoms in total. The summed E-state index contributed by atoms with van der Waals surface area (Å²) < 4.78 is 44.7. The summed E-state index contributed by atoms with van der Waals surface area (Å²) in [5.74, 6) is -1.13. The second kappa shape index (κ2) is 12.0. The maximum atomic E-state index is 13.6. The maximum absolute atomic E-state index is 13.6. The third-order valence-electron chi connectivity index (χ3n) is 5.07. The van der Waals surface area contributed by atoms with Gasteiger partial charge in [-0.15, -0.1) is 0 Å². The van der Waals surface area contributed by atoms with Gasteiger partial charge in [0, 0.05) is 13.1 Å². The first kappa shape index (κ1) is 27.4. The molecule has 186 valence electrons. The highest BCUT2D eigenvalue weighted by Gasteiger charge is 2.30. The fourth-order valence-electron chi connectivity index (χ4n) is 3.20. The summed E-state index contributed by atoms with van der Waals surface area (Å²) in [5, 5.41) is 2.48. The lowest BCUT2D eigenvalue weighted by Gasteiger charge is -2.31. The average molecular weight is 514 g/mol. The van der Waals surface area contributed by atoms with E-state index in [9.17, 15) is 22.4 Å². The van der Waals surface area contributed by atoms with E-state index in [4.69, 9.17) is 16.3 Å². The van der Waals surface area contributed by atoms with Gasteiger partial charge in [-0.3, -0.25) is 13.9 Å². The molecule has 0 aromatic heterocycles. The molecule has 0 spiro atoms. The van der Waals surface area contributed by atoms with Crippen molar-refractivity contribution >= 4 is 39.1 Å². The highest BCUT2D eigenvalue weighted by atomic mass is 35.5. The summed E-state index contributed by atoms with van der Waals surface area (Å²) in [6.45, 7) is 3.35. The van der Waals surface area contributed by atoms with Crippen LogP contribution in [-0.4, -0.2) is 57.6 Å². The van der Waals surface area contributed by atoms with E-state index in [0.29, 0.717) is 17.9 Å². The molecule has 0 radical (unpaired) electrons. The van der Waals surface area contributed by atoms with E-state index in [1.54, 1.807) is 31.2 Å². The van der Waals surface area contributed by atoms with Crippen LogP contribution < -0.4 is 14.4 Å². The molecule has 2 amide bonds. The summed E-state index contributed by atoms with van der Waals surface area (Å²) >= 11 is 5.83. The third kappa shape index (κ3) is 7.33. The molecule has 0 saturated heterocycles. The summed E-state index contributed by atoms with van der Waals surface area (Å²) in [7, 11) is -2.42. The molecule has 1 N–H and O–H groups in total. The standard InChI is InChI=1S/C23H29ClFN3O5S/c1-5-11-26-23(30)16(2)27(14-17-7-6-8-19(12-17)33-3)22(29)15-28(34(4,31)32)18-9-10-21(25)20(24)13-18/h6-10,12-13,16H,5,11,14-15H2,1-4H3,(H,26,30)/t16-/m0/s1. The van der Waals surface area contributed by atoms with Crippen LogP contribution in [-0.2, 0) is 26.2 Å². The minimum absolute atomic E-state index is 0.0340. The quantitative estimate of drug-likeness (QED) is 0.498. The Labute approximate surface area is 204 Å². The highest BCUT2D eigenvalue weighted by molar-refractivity contribution is 7.92. The number of rotatable bonds is 11. The number of hydrogen-bond acceptors (Lipinski definition) is 5. The van der Waals surface area contributed by atoms with Crippen LogP contribution in [0.4, 0.5) is 10.1 Å². The fraction of sp³-hybridized carbons (Fsp3) is 0.391. The Balaban J connectivity index is 2.40. The van der Waals surface area contributed by atoms with Crippen LogP contribution in [0.5, 0.6) is 5.75 Å². The number of amides is 2. The fourth-order valence-corrected chi connectivity index (χ4v) is 4.22. The van der Waals surface area contributed by atoms with Crippen molar-refractivity contribution in [2.45, 2.75) is 32.9 Å². The minimum Gasteiger partial charge on any atom is -0.497 e. The number of nitrogens with zero attached hydrogens (tertiary/aromatic N) is 2. The van der Waals surface area contributed by atoms with Gasteiger partial charge in [-0.25, -0.2) is 12.8 Å². The van der Waals surface area contributed by atoms with Gasteiger partial charge in [0.25, 0.3) is 0 Å². The molecular weight excluding hydrogens is 485 g/mol. The first-order chi connectivity index (χ1) is 16.0. The number of hydrogen-bond donors (Lipinski definition) is 1. The van der Waals surface area contributed by atoms with Gasteiger partial charge < -0.3 is 15.0 Å². The Morgan fingerprint density at radius 3 is 2.50 bits per heavy atom. The average Bonchev–Trinajstić information content (AvgIpc) is 2.80. The monoisotopic (exact) mass is 513 g/mol. The van der Waals surface area contributed by atoms with E-state index in [1.165, 1.54) is 18.1 Å². The number of benzene rings is 2. The van der Waals surface area contributed by atoms with E-state index in [-0.39, 0.29) is 23.2 Å². The van der Waals surface area contributed by atoms with Crippen molar-refractivity contribution in [3.05, 3.63) is 58.9 Å². The van der Waals surface area contributed by atoms with E-state index >= 15 is 0 Å². The van der Waals surface area contributed by atoms with Gasteiger partial charge >= 0.3 is 0 Å². The number of ether oxygens (including phenoxy) is 1. The molecule has 0 aliphatic rings. The lowest BCUT2D eigenvalue weighted by Crippen LogP contribution is -2.51. The van der Waals surface area contributed by atoms with Gasteiger partial charge in [-0.2, -0.15) is 0 Å². The molecule has 0 bridgehead atoms. The zero-order valence-corrected chi connectivity index (χ0v) is 21.1. The number of carbonyl (C=O) groups is 2. The van der Waals surface area contributed by atoms with Gasteiger partial charge in [-0.1, -0.05) is 30.7 Å². The first-order valence-corrected chi connectivity index (χ1v) is 12.8. The zero-order valence-electron chi connectivity index (χ0n) is 19.5. The molecule has 2 aromatic carbocycles. The largest absolute Gasteiger partial charge is 0.497 e. The predicted octanol–water partition coefficient (Wildman–Crippen LogP) is 3.20. The summed E-state index contributed by atoms with van der Waals surface area (Å²) in [6, 6.07) is 9.49. The highest BCUT2D eigenvalue weighted by Crippen LogP contribution is 2.25. The molecule has 11 heteroatoms. The number of methoxy groups -OCH3 is 1. The third-order valence-corrected chi connectivity index (χ3v) is 6.50. The van der Waals surface area contributed by atoms with Crippen molar-refractivity contribution in [3.63, 3.8) is 0 Å². The Bertz CT molecular complexity index is 1130. The number of nitrogens with one attached hydrogen (secondary N) is 1. The number of carbonyl (C=O) groups excluding carboxylic acids is 2. The molecular formula is C23H29ClFN3O5S. The normalized spacial score (nSPS) is 12.1. The van der Waals surface area contributed by atoms with Crippen LogP contribution in [0, 0.1) is 5.82 Å². The molecule has 0 fully saturated rings. The number of halogens is 2. The Kier molecular flexibility index (Phi) is 9.69. The van der Waals surface area contributed by atoms with Crippen LogP contribution in [0.2, 0.25) is 5.02 Å². The van der Waals surface area contributed by atoms with Crippen LogP contribution in [0.25, 0.3) is 0 Å². The first-order valence-electron chi connectivity index (χ1n) is 10.6. The smallest absolute Gasteiger partial charge is 0.244 e. The van der Waals surface area contributed by atoms with Gasteiger partial charge in [0.1, 0.15) is 24.2 Å². The molecule has 0 unspecified atom stereocenters. The van der Waals surface area contributed by atoms with Crippen molar-refractivity contribution in [2.75, 3.05) is 30.8 Å². The van der Waals surface area contributed by atoms with E-state index in [1.807, 2.05) is 6.92 Å². The van der Waals surface area contributed by atoms with Crippen molar-refractivity contribution in [1.82, 2.24) is 10.2 Å². The van der Waals surface area contributed by atoms with Gasteiger partial charge in [0.05, 0.1) is 24.1 Å². The van der Waals surface area contributed by atoms with Crippen LogP contribution in [0.15, 0.2) is 42.5 Å². The van der Waals surface area contributed by atoms with E-state index in [0.717, 1.165) is 29.1 Å². The van der Waals surface area contributed by atoms with E-state index < -0.39 is 34.3 Å². The predicted molar refractivity (Wildman–Crippen MR) is 130 cm³/mol. The zero-order chi connectivity index (χ0) is 25.5. The summed E-state index contributed by atoms with van der Waals surface area (Å²) in [4.78, 5) is 27.4. The minimum atomic E-state index is -3.94. The molecule has 0 aliphatic carbocycles. The lowest BCUT2D eigenvalue weighted by atomic mass is 10.1. The second-order valence-corrected chi connectivity index (χ2v) is 10.0. The summed E-state index contributed by atoms with van der Waals surface area (Å²) in [6.07, 6.45) is 1.65. The molecule has 2 rings (SSSR count). The second-order valence-electron chi connectivity index (χ2n) is 7.71. The SMILES string of the molecule is CCCNC(=O)[C@H](C)N(Cc1cccc(OC)c1)C(=O)CN(c1ccc(F)c(Cl)c1)S(C)(=O)=O. The van der Waals surface area contributed by atoms with Crippen molar-refractivity contribution in [3.8, 4) is 5.75 Å². The molecule has 0 saturated carbocycles. The van der Waals surface area contributed by atoms with Crippen molar-refractivity contribution in [1.29, 1.82) is 0 Å². The van der Waals surface area contributed by atoms with Crippen LogP contribution in [0.3, 0.4) is 0 Å². The molecule has 2 aromatic rings. The van der Waals surface area contributed by atoms with Crippen LogP contribution in [0.1, 0.15) is 25.8 Å². The Hall–Kier alpha value is -2.85. The number of sulfonamides is 1. The van der Waals surface area contributed by atoms with Crippen molar-refractivity contribution in [2.24, 2.45) is 0 Å². The lowest BCUT2D eigenvalue weighted by molar-refractivity contribution is -0.139. The van der Waals surface area contributed by atoms with E-state index in [2.05, 4.69) is 5.32 Å². The summed E-state index contributed by atoms with van der Waals surface area (Å²) in [5.41, 5.74) is 0.727. The van der Waals surface area contributed by atoms with Gasteiger partial charge in [-0.05, 0) is 49.2 Å². The molecule has 0 heterocycles. The molecule has 34 heavy (non-hydrogen) atoms. The maximum Gasteiger partial charge on any atom is 0.244 e. The molecule has 1 atom stereocenters. The Morgan fingerprint density at radius 1 is 1.21 bits per heavy atom. The Morgan fingerprint density at radius 2 is 1.91 bits per heavy atom. The van der Waals surface area contributed by atoms with Gasteiger partial charge in [0.2, 0.25) is 21.8 Å². The van der Waals surface area contributed by atoms with Gasteiger partial charge in [0.15, 0.2) is 0 Å². The topological polar surface area (TPSA) is 96.0 Å².